The monoisotopic (exact) mass is 365 g/mol. The molecule has 2 heterocycles. The molecule has 2 aliphatic rings. The van der Waals surface area contributed by atoms with Gasteiger partial charge in [0.25, 0.3) is 0 Å². The maximum Gasteiger partial charge on any atom is 0.410 e. The summed E-state index contributed by atoms with van der Waals surface area (Å²) in [5, 5.41) is 8.47. The van der Waals surface area contributed by atoms with Gasteiger partial charge in [-0.05, 0) is 82.8 Å². The number of hydrogen-bond acceptors (Lipinski definition) is 4. The van der Waals surface area contributed by atoms with Gasteiger partial charge in [0.15, 0.2) is 5.15 Å². The van der Waals surface area contributed by atoms with Gasteiger partial charge < -0.3 is 9.64 Å². The van der Waals surface area contributed by atoms with Gasteiger partial charge in [-0.3, -0.25) is 0 Å². The van der Waals surface area contributed by atoms with Gasteiger partial charge in [-0.25, -0.2) is 4.79 Å². The molecule has 0 bridgehead atoms. The molecular weight excluding hydrogens is 338 g/mol. The summed E-state index contributed by atoms with van der Waals surface area (Å²) in [5.41, 5.74) is 0.578. The summed E-state index contributed by atoms with van der Waals surface area (Å²) >= 11 is 5.77. The average molecular weight is 366 g/mol. The van der Waals surface area contributed by atoms with Crippen LogP contribution >= 0.6 is 11.6 Å². The number of nitrogens with zero attached hydrogens (tertiary/aromatic N) is 3. The highest BCUT2D eigenvalue weighted by Crippen LogP contribution is 2.44. The van der Waals surface area contributed by atoms with Crippen molar-refractivity contribution in [3.63, 3.8) is 0 Å². The number of amides is 1. The van der Waals surface area contributed by atoms with Crippen LogP contribution in [0.5, 0.6) is 0 Å². The number of aromatic nitrogens is 2. The number of rotatable bonds is 4. The Labute approximate surface area is 155 Å². The van der Waals surface area contributed by atoms with Crippen LogP contribution < -0.4 is 0 Å². The van der Waals surface area contributed by atoms with Gasteiger partial charge in [0.2, 0.25) is 0 Å². The standard InChI is InChI=1S/C19H28ClN3O2/c1-19(2,3)25-18(24)23-11-14-8-7-13(16(14)12-23)5-4-6-15-9-10-17(20)22-21-15/h9-10,13-14,16H,4-8,11-12H2,1-3H3. The lowest BCUT2D eigenvalue weighted by Gasteiger charge is -2.25. The first-order chi connectivity index (χ1) is 11.8. The van der Waals surface area contributed by atoms with E-state index in [0.717, 1.165) is 31.6 Å². The second-order valence-electron chi connectivity index (χ2n) is 8.39. The molecule has 1 saturated heterocycles. The Kier molecular flexibility index (Phi) is 5.52. The summed E-state index contributed by atoms with van der Waals surface area (Å²) in [5.74, 6) is 1.98. The van der Waals surface area contributed by atoms with Gasteiger partial charge in [-0.1, -0.05) is 11.6 Å². The minimum absolute atomic E-state index is 0.155. The molecule has 2 fully saturated rings. The smallest absolute Gasteiger partial charge is 0.410 e. The van der Waals surface area contributed by atoms with Crippen LogP contribution in [0.2, 0.25) is 5.15 Å². The first-order valence-corrected chi connectivity index (χ1v) is 9.65. The van der Waals surface area contributed by atoms with Gasteiger partial charge in [0, 0.05) is 13.1 Å². The molecule has 6 heteroatoms. The number of carbonyl (C=O) groups excluding carboxylic acids is 1. The van der Waals surface area contributed by atoms with Crippen LogP contribution in [-0.4, -0.2) is 39.9 Å². The summed E-state index contributed by atoms with van der Waals surface area (Å²) in [6, 6.07) is 3.75. The van der Waals surface area contributed by atoms with Crippen LogP contribution in [0, 0.1) is 17.8 Å². The van der Waals surface area contributed by atoms with Crippen molar-refractivity contribution < 1.29 is 9.53 Å². The van der Waals surface area contributed by atoms with Crippen LogP contribution in [0.1, 0.15) is 52.1 Å². The second kappa shape index (κ2) is 7.48. The highest BCUT2D eigenvalue weighted by Gasteiger charge is 2.44. The molecule has 1 saturated carbocycles. The summed E-state index contributed by atoms with van der Waals surface area (Å²) in [7, 11) is 0. The maximum atomic E-state index is 12.3. The van der Waals surface area contributed by atoms with E-state index in [9.17, 15) is 4.79 Å². The molecule has 0 radical (unpaired) electrons. The lowest BCUT2D eigenvalue weighted by molar-refractivity contribution is 0.0276. The Hall–Kier alpha value is -1.36. The van der Waals surface area contributed by atoms with Gasteiger partial charge in [-0.2, -0.15) is 5.10 Å². The molecule has 0 aromatic carbocycles. The van der Waals surface area contributed by atoms with Crippen LogP contribution in [-0.2, 0) is 11.2 Å². The van der Waals surface area contributed by atoms with Crippen molar-refractivity contribution in [3.05, 3.63) is 23.0 Å². The minimum Gasteiger partial charge on any atom is -0.444 e. The summed E-state index contributed by atoms with van der Waals surface area (Å²) in [6.45, 7) is 7.47. The number of carbonyl (C=O) groups is 1. The van der Waals surface area contributed by atoms with Crippen molar-refractivity contribution in [2.45, 2.75) is 58.5 Å². The van der Waals surface area contributed by atoms with Crippen LogP contribution in [0.4, 0.5) is 4.79 Å². The molecular formula is C19H28ClN3O2. The van der Waals surface area contributed by atoms with E-state index >= 15 is 0 Å². The molecule has 25 heavy (non-hydrogen) atoms. The van der Waals surface area contributed by atoms with E-state index in [0.29, 0.717) is 22.9 Å². The van der Waals surface area contributed by atoms with Gasteiger partial charge in [-0.15, -0.1) is 5.10 Å². The molecule has 1 aliphatic heterocycles. The van der Waals surface area contributed by atoms with Crippen molar-refractivity contribution in [2.24, 2.45) is 17.8 Å². The molecule has 138 valence electrons. The van der Waals surface area contributed by atoms with E-state index < -0.39 is 5.60 Å². The summed E-state index contributed by atoms with van der Waals surface area (Å²) < 4.78 is 5.53. The number of likely N-dealkylation sites (tertiary alicyclic amines) is 1. The number of halogens is 1. The highest BCUT2D eigenvalue weighted by atomic mass is 35.5. The Bertz CT molecular complexity index is 600. The van der Waals surface area contributed by atoms with E-state index in [4.69, 9.17) is 16.3 Å². The SMILES string of the molecule is CC(C)(C)OC(=O)N1CC2CCC(CCCc3ccc(Cl)nn3)C2C1. The number of fused-ring (bicyclic) bond motifs is 1. The molecule has 5 nitrogen and oxygen atoms in total. The normalized spacial score (nSPS) is 25.9. The topological polar surface area (TPSA) is 55.3 Å². The summed E-state index contributed by atoms with van der Waals surface area (Å²) in [6.07, 6.45) is 5.59. The lowest BCUT2D eigenvalue weighted by atomic mass is 9.88. The summed E-state index contributed by atoms with van der Waals surface area (Å²) in [4.78, 5) is 14.2. The molecule has 3 unspecified atom stereocenters. The number of aryl methyl sites for hydroxylation is 1. The molecule has 1 aromatic rings. The first kappa shape index (κ1) is 18.4. The van der Waals surface area contributed by atoms with Crippen molar-refractivity contribution in [3.8, 4) is 0 Å². The van der Waals surface area contributed by atoms with Crippen LogP contribution in [0.3, 0.4) is 0 Å². The van der Waals surface area contributed by atoms with Crippen molar-refractivity contribution >= 4 is 17.7 Å². The maximum absolute atomic E-state index is 12.3. The Morgan fingerprint density at radius 2 is 2.08 bits per heavy atom. The zero-order valence-corrected chi connectivity index (χ0v) is 16.1. The number of hydrogen-bond donors (Lipinski definition) is 0. The zero-order chi connectivity index (χ0) is 18.0. The predicted molar refractivity (Wildman–Crippen MR) is 97.5 cm³/mol. The third kappa shape index (κ3) is 4.84. The van der Waals surface area contributed by atoms with E-state index in [1.54, 1.807) is 6.07 Å². The van der Waals surface area contributed by atoms with Crippen LogP contribution in [0.25, 0.3) is 0 Å². The van der Waals surface area contributed by atoms with E-state index in [2.05, 4.69) is 10.2 Å². The largest absolute Gasteiger partial charge is 0.444 e. The molecule has 1 aromatic heterocycles. The van der Waals surface area contributed by atoms with Gasteiger partial charge in [0.05, 0.1) is 5.69 Å². The first-order valence-electron chi connectivity index (χ1n) is 9.28. The molecule has 3 rings (SSSR count). The molecule has 1 aliphatic carbocycles. The molecule has 3 atom stereocenters. The van der Waals surface area contributed by atoms with Crippen molar-refractivity contribution in [1.29, 1.82) is 0 Å². The molecule has 1 amide bonds. The fourth-order valence-corrected chi connectivity index (χ4v) is 4.34. The van der Waals surface area contributed by atoms with Gasteiger partial charge >= 0.3 is 6.09 Å². The van der Waals surface area contributed by atoms with E-state index in [-0.39, 0.29) is 6.09 Å². The van der Waals surface area contributed by atoms with Gasteiger partial charge in [0.1, 0.15) is 5.60 Å². The van der Waals surface area contributed by atoms with Crippen molar-refractivity contribution in [2.75, 3.05) is 13.1 Å². The minimum atomic E-state index is -0.423. The van der Waals surface area contributed by atoms with E-state index in [1.165, 1.54) is 19.3 Å². The third-order valence-corrected chi connectivity index (χ3v) is 5.55. The fourth-order valence-electron chi connectivity index (χ4n) is 4.23. The molecule has 0 spiro atoms. The quantitative estimate of drug-likeness (QED) is 0.796. The fraction of sp³-hybridized carbons (Fsp3) is 0.737. The Balaban J connectivity index is 1.47. The lowest BCUT2D eigenvalue weighted by Crippen LogP contribution is -2.36. The average Bonchev–Trinajstić information content (AvgIpc) is 3.09. The molecule has 0 N–H and O–H groups in total. The third-order valence-electron chi connectivity index (χ3n) is 5.35. The van der Waals surface area contributed by atoms with E-state index in [1.807, 2.05) is 31.7 Å². The number of ether oxygens (including phenoxy) is 1. The highest BCUT2D eigenvalue weighted by molar-refractivity contribution is 6.29. The second-order valence-corrected chi connectivity index (χ2v) is 8.77. The van der Waals surface area contributed by atoms with Crippen LogP contribution in [0.15, 0.2) is 12.1 Å². The Morgan fingerprint density at radius 1 is 1.28 bits per heavy atom. The Morgan fingerprint density at radius 3 is 2.76 bits per heavy atom. The van der Waals surface area contributed by atoms with Crippen molar-refractivity contribution in [1.82, 2.24) is 15.1 Å². The predicted octanol–water partition coefficient (Wildman–Crippen LogP) is 4.35. The zero-order valence-electron chi connectivity index (χ0n) is 15.4.